The summed E-state index contributed by atoms with van der Waals surface area (Å²) in [4.78, 5) is 14.3. The fourth-order valence-corrected chi connectivity index (χ4v) is 3.45. The van der Waals surface area contributed by atoms with E-state index in [0.717, 1.165) is 27.6 Å². The van der Waals surface area contributed by atoms with E-state index >= 15 is 0 Å². The van der Waals surface area contributed by atoms with Gasteiger partial charge >= 0.3 is 0 Å². The zero-order chi connectivity index (χ0) is 12.6. The van der Waals surface area contributed by atoms with Gasteiger partial charge in [-0.3, -0.25) is 4.79 Å². The number of nitrogens with zero attached hydrogens (tertiary/aromatic N) is 1. The summed E-state index contributed by atoms with van der Waals surface area (Å²) in [6, 6.07) is 5.69. The Morgan fingerprint density at radius 3 is 2.06 bits per heavy atom. The molecule has 0 saturated carbocycles. The van der Waals surface area contributed by atoms with Gasteiger partial charge in [0.05, 0.1) is 0 Å². The Kier molecular flexibility index (Phi) is 3.93. The zero-order valence-corrected chi connectivity index (χ0v) is 13.1. The molecule has 1 aliphatic heterocycles. The van der Waals surface area contributed by atoms with E-state index in [4.69, 9.17) is 0 Å². The molecule has 2 nitrogen and oxygen atoms in total. The molecule has 1 aromatic rings. The minimum atomic E-state index is 0.128. The van der Waals surface area contributed by atoms with Crippen molar-refractivity contribution in [2.24, 2.45) is 11.8 Å². The maximum Gasteiger partial charge on any atom is 0.253 e. The predicted molar refractivity (Wildman–Crippen MR) is 76.1 cm³/mol. The third-order valence-corrected chi connectivity index (χ3v) is 4.30. The molecule has 17 heavy (non-hydrogen) atoms. The highest BCUT2D eigenvalue weighted by atomic mass is 79.9. The van der Waals surface area contributed by atoms with E-state index in [1.807, 2.05) is 23.1 Å². The van der Waals surface area contributed by atoms with Crippen LogP contribution < -0.4 is 0 Å². The minimum Gasteiger partial charge on any atom is -0.338 e. The number of likely N-dealkylation sites (tertiary alicyclic amines) is 1. The summed E-state index contributed by atoms with van der Waals surface area (Å²) in [6.07, 6.45) is 0. The first kappa shape index (κ1) is 13.1. The normalized spacial score (nSPS) is 24.1. The summed E-state index contributed by atoms with van der Waals surface area (Å²) in [5, 5.41) is 0. The molecule has 1 heterocycles. The molecule has 1 saturated heterocycles. The molecule has 2 atom stereocenters. The zero-order valence-electron chi connectivity index (χ0n) is 9.91. The lowest BCUT2D eigenvalue weighted by molar-refractivity contribution is 0.0785. The van der Waals surface area contributed by atoms with Gasteiger partial charge in [0.1, 0.15) is 0 Å². The number of hydrogen-bond acceptors (Lipinski definition) is 1. The van der Waals surface area contributed by atoms with Crippen LogP contribution in [0.4, 0.5) is 0 Å². The average Bonchev–Trinajstić information content (AvgIpc) is 2.57. The lowest BCUT2D eigenvalue weighted by Gasteiger charge is -2.16. The van der Waals surface area contributed by atoms with Crippen molar-refractivity contribution in [2.75, 3.05) is 13.1 Å². The van der Waals surface area contributed by atoms with Gasteiger partial charge in [0.25, 0.3) is 5.91 Å². The van der Waals surface area contributed by atoms with Gasteiger partial charge in [-0.2, -0.15) is 0 Å². The van der Waals surface area contributed by atoms with Crippen LogP contribution in [0.25, 0.3) is 0 Å². The standard InChI is InChI=1S/C13H15Br2NO/c1-8-6-16(7-9(8)2)13(17)10-3-11(14)5-12(15)4-10/h3-5,8-9H,6-7H2,1-2H3. The number of carbonyl (C=O) groups is 1. The maximum atomic E-state index is 12.3. The first-order chi connectivity index (χ1) is 7.97. The Hall–Kier alpha value is -0.350. The smallest absolute Gasteiger partial charge is 0.253 e. The van der Waals surface area contributed by atoms with Gasteiger partial charge in [0.15, 0.2) is 0 Å². The van der Waals surface area contributed by atoms with Crippen LogP contribution >= 0.6 is 31.9 Å². The summed E-state index contributed by atoms with van der Waals surface area (Å²) in [5.41, 5.74) is 0.743. The van der Waals surface area contributed by atoms with Crippen LogP contribution in [0.2, 0.25) is 0 Å². The van der Waals surface area contributed by atoms with Gasteiger partial charge in [-0.1, -0.05) is 45.7 Å². The van der Waals surface area contributed by atoms with Crippen molar-refractivity contribution in [3.8, 4) is 0 Å². The fraction of sp³-hybridized carbons (Fsp3) is 0.462. The lowest BCUT2D eigenvalue weighted by Crippen LogP contribution is -2.28. The number of rotatable bonds is 1. The van der Waals surface area contributed by atoms with Crippen molar-refractivity contribution in [3.63, 3.8) is 0 Å². The monoisotopic (exact) mass is 359 g/mol. The summed E-state index contributed by atoms with van der Waals surface area (Å²) in [7, 11) is 0. The van der Waals surface area contributed by atoms with E-state index in [0.29, 0.717) is 11.8 Å². The van der Waals surface area contributed by atoms with E-state index < -0.39 is 0 Å². The van der Waals surface area contributed by atoms with Gasteiger partial charge < -0.3 is 4.90 Å². The molecule has 1 amide bonds. The molecule has 92 valence electrons. The first-order valence-electron chi connectivity index (χ1n) is 5.72. The number of benzene rings is 1. The topological polar surface area (TPSA) is 20.3 Å². The van der Waals surface area contributed by atoms with Crippen LogP contribution in [0.15, 0.2) is 27.1 Å². The molecule has 0 spiro atoms. The quantitative estimate of drug-likeness (QED) is 0.742. The SMILES string of the molecule is CC1CN(C(=O)c2cc(Br)cc(Br)c2)CC1C. The Balaban J connectivity index is 2.20. The van der Waals surface area contributed by atoms with Crippen LogP contribution in [-0.2, 0) is 0 Å². The molecule has 1 fully saturated rings. The first-order valence-corrected chi connectivity index (χ1v) is 7.31. The number of halogens is 2. The molecule has 2 rings (SSSR count). The van der Waals surface area contributed by atoms with Gasteiger partial charge in [-0.05, 0) is 30.0 Å². The van der Waals surface area contributed by atoms with Gasteiger partial charge in [-0.25, -0.2) is 0 Å². The van der Waals surface area contributed by atoms with Crippen LogP contribution in [0.5, 0.6) is 0 Å². The molecule has 0 bridgehead atoms. The fourth-order valence-electron chi connectivity index (χ4n) is 2.16. The summed E-state index contributed by atoms with van der Waals surface area (Å²) < 4.78 is 1.85. The van der Waals surface area contributed by atoms with Crippen molar-refractivity contribution in [3.05, 3.63) is 32.7 Å². The predicted octanol–water partition coefficient (Wildman–Crippen LogP) is 3.94. The highest BCUT2D eigenvalue weighted by molar-refractivity contribution is 9.11. The third-order valence-electron chi connectivity index (χ3n) is 3.38. The van der Waals surface area contributed by atoms with Crippen molar-refractivity contribution >= 4 is 37.8 Å². The number of amides is 1. The largest absolute Gasteiger partial charge is 0.338 e. The second-order valence-corrected chi connectivity index (χ2v) is 6.65. The molecule has 0 N–H and O–H groups in total. The summed E-state index contributed by atoms with van der Waals surface area (Å²) >= 11 is 6.83. The van der Waals surface area contributed by atoms with Crippen LogP contribution in [0.1, 0.15) is 24.2 Å². The second-order valence-electron chi connectivity index (χ2n) is 4.82. The van der Waals surface area contributed by atoms with E-state index in [2.05, 4.69) is 45.7 Å². The third kappa shape index (κ3) is 2.91. The van der Waals surface area contributed by atoms with E-state index in [1.165, 1.54) is 0 Å². The van der Waals surface area contributed by atoms with Crippen molar-refractivity contribution in [1.29, 1.82) is 0 Å². The minimum absolute atomic E-state index is 0.128. The molecule has 0 radical (unpaired) electrons. The van der Waals surface area contributed by atoms with Crippen molar-refractivity contribution in [2.45, 2.75) is 13.8 Å². The van der Waals surface area contributed by atoms with Crippen LogP contribution in [-0.4, -0.2) is 23.9 Å². The maximum absolute atomic E-state index is 12.3. The highest BCUT2D eigenvalue weighted by Gasteiger charge is 2.29. The van der Waals surface area contributed by atoms with Crippen LogP contribution in [0, 0.1) is 11.8 Å². The molecule has 4 heteroatoms. The molecule has 0 aliphatic carbocycles. The summed E-state index contributed by atoms with van der Waals surface area (Å²) in [5.74, 6) is 1.31. The molecule has 0 aromatic heterocycles. The molecule has 1 aromatic carbocycles. The average molecular weight is 361 g/mol. The molecule has 2 unspecified atom stereocenters. The Labute approximate surface area is 119 Å². The number of carbonyl (C=O) groups excluding carboxylic acids is 1. The molecular weight excluding hydrogens is 346 g/mol. The summed E-state index contributed by atoms with van der Waals surface area (Å²) in [6.45, 7) is 6.14. The second kappa shape index (κ2) is 5.11. The van der Waals surface area contributed by atoms with Crippen molar-refractivity contribution in [1.82, 2.24) is 4.90 Å². The highest BCUT2D eigenvalue weighted by Crippen LogP contribution is 2.26. The Morgan fingerprint density at radius 2 is 1.59 bits per heavy atom. The Morgan fingerprint density at radius 1 is 1.12 bits per heavy atom. The molecular formula is C13H15Br2NO. The van der Waals surface area contributed by atoms with E-state index in [-0.39, 0.29) is 5.91 Å². The van der Waals surface area contributed by atoms with E-state index in [9.17, 15) is 4.79 Å². The lowest BCUT2D eigenvalue weighted by atomic mass is 10.0. The molecule has 1 aliphatic rings. The van der Waals surface area contributed by atoms with E-state index in [1.54, 1.807) is 0 Å². The number of hydrogen-bond donors (Lipinski definition) is 0. The van der Waals surface area contributed by atoms with Gasteiger partial charge in [0, 0.05) is 27.6 Å². The van der Waals surface area contributed by atoms with Crippen molar-refractivity contribution < 1.29 is 4.79 Å². The van der Waals surface area contributed by atoms with Gasteiger partial charge in [0.2, 0.25) is 0 Å². The Bertz CT molecular complexity index is 417. The van der Waals surface area contributed by atoms with Gasteiger partial charge in [-0.15, -0.1) is 0 Å². The van der Waals surface area contributed by atoms with Crippen LogP contribution in [0.3, 0.4) is 0 Å².